The Hall–Kier alpha value is -6.93. The molecule has 0 unspecified atom stereocenters. The Morgan fingerprint density at radius 1 is 0.622 bits per heavy atom. The van der Waals surface area contributed by atoms with Gasteiger partial charge in [-0.15, -0.1) is 29.1 Å². The van der Waals surface area contributed by atoms with Gasteiger partial charge in [-0.2, -0.15) is 18.8 Å². The molecule has 0 saturated carbocycles. The molecule has 9 aromatic rings. The first-order chi connectivity index (χ1) is 34.6. The number of hydrogen-bond acceptors (Lipinski definition) is 4. The van der Waals surface area contributed by atoms with Gasteiger partial charge in [0.25, 0.3) is 0 Å². The summed E-state index contributed by atoms with van der Waals surface area (Å²) >= 11 is 0. The summed E-state index contributed by atoms with van der Waals surface area (Å²) in [6.45, 7) is 38.4. The maximum atomic E-state index is 7.73. The molecule has 374 valence electrons. The van der Waals surface area contributed by atoms with Gasteiger partial charge in [0.1, 0.15) is 5.82 Å². The second-order valence-corrected chi connectivity index (χ2v) is 24.6. The summed E-state index contributed by atoms with van der Waals surface area (Å²) in [5.74, 6) is 1.92. The van der Waals surface area contributed by atoms with Crippen LogP contribution in [0.1, 0.15) is 128 Å². The first-order valence-electron chi connectivity index (χ1n) is 25.6. The maximum Gasteiger partial charge on any atom is 0.187 e. The van der Waals surface area contributed by atoms with E-state index in [0.717, 1.165) is 55.8 Å². The van der Waals surface area contributed by atoms with E-state index in [1.165, 1.54) is 55.6 Å². The molecule has 0 radical (unpaired) electrons. The number of benzene rings is 7. The summed E-state index contributed by atoms with van der Waals surface area (Å²) in [4.78, 5) is 13.1. The van der Waals surface area contributed by atoms with E-state index in [9.17, 15) is 0 Å². The van der Waals surface area contributed by atoms with E-state index < -0.39 is 5.41 Å². The molecule has 4 heterocycles. The number of hydrogen-bond donors (Lipinski definition) is 0. The number of pyridine rings is 1. The van der Waals surface area contributed by atoms with Crippen LogP contribution in [0.3, 0.4) is 0 Å². The zero-order valence-electron chi connectivity index (χ0n) is 44.7. The monoisotopic (exact) mass is 1150 g/mol. The largest absolute Gasteiger partial charge is 0.509 e. The SMILES string of the molecule is [C-]#[N+]c1ccc(-c2cc3c4ccccc4n(-c4ccccn4)c3[c-]c2Oc2[c-]c3c(cc2)C2(c4cccc5c4N3[CH-]N5C)c3c(cc(C(C)(C)C)cc3C(C)(C)C)-c3cc(C(C)(C)C)cc(C(C)(C)C)c32)cc1.[Pt]. The van der Waals surface area contributed by atoms with Gasteiger partial charge in [0.15, 0.2) is 5.69 Å². The van der Waals surface area contributed by atoms with E-state index in [1.54, 1.807) is 0 Å². The van der Waals surface area contributed by atoms with Crippen LogP contribution >= 0.6 is 0 Å². The van der Waals surface area contributed by atoms with Crippen molar-refractivity contribution >= 4 is 44.6 Å². The molecule has 0 N–H and O–H groups in total. The molecule has 0 atom stereocenters. The number of para-hydroxylation sites is 2. The van der Waals surface area contributed by atoms with Crippen LogP contribution in [0.5, 0.6) is 11.5 Å². The summed E-state index contributed by atoms with van der Waals surface area (Å²) in [6, 6.07) is 53.7. The van der Waals surface area contributed by atoms with E-state index >= 15 is 0 Å². The summed E-state index contributed by atoms with van der Waals surface area (Å²) < 4.78 is 9.47. The molecule has 0 saturated heterocycles. The third-order valence-electron chi connectivity index (χ3n) is 15.6. The van der Waals surface area contributed by atoms with Crippen molar-refractivity contribution in [3.05, 3.63) is 208 Å². The molecule has 7 heteroatoms. The summed E-state index contributed by atoms with van der Waals surface area (Å²) in [7, 11) is 2.15. The molecule has 6 nitrogen and oxygen atoms in total. The quantitative estimate of drug-likeness (QED) is 0.165. The molecular formula is C67H62N5OPt-3. The predicted octanol–water partition coefficient (Wildman–Crippen LogP) is 17.4. The molecule has 0 amide bonds. The fraction of sp³-hybridized carbons (Fsp3) is 0.269. The molecule has 74 heavy (non-hydrogen) atoms. The average Bonchev–Trinajstić information content (AvgIpc) is 3.97. The summed E-state index contributed by atoms with van der Waals surface area (Å²) in [5.41, 5.74) is 19.4. The van der Waals surface area contributed by atoms with Gasteiger partial charge in [0.2, 0.25) is 0 Å². The van der Waals surface area contributed by atoms with Gasteiger partial charge in [0.05, 0.1) is 6.57 Å². The number of rotatable bonds is 4. The van der Waals surface area contributed by atoms with Crippen molar-refractivity contribution in [2.24, 2.45) is 0 Å². The topological polar surface area (TPSA) is 37.9 Å². The van der Waals surface area contributed by atoms with E-state index in [2.05, 4.69) is 213 Å². The van der Waals surface area contributed by atoms with Gasteiger partial charge in [0, 0.05) is 61.1 Å². The minimum atomic E-state index is -0.724. The smallest absolute Gasteiger partial charge is 0.187 e. The second-order valence-electron chi connectivity index (χ2n) is 24.6. The normalized spacial score (nSPS) is 14.4. The van der Waals surface area contributed by atoms with Crippen LogP contribution in [0.25, 0.3) is 54.7 Å². The molecule has 0 fully saturated rings. The fourth-order valence-corrected chi connectivity index (χ4v) is 12.0. The molecular weight excluding hydrogens is 1090 g/mol. The van der Waals surface area contributed by atoms with E-state index in [1.807, 2.05) is 48.7 Å². The van der Waals surface area contributed by atoms with Crippen molar-refractivity contribution in [1.29, 1.82) is 0 Å². The van der Waals surface area contributed by atoms with Crippen molar-refractivity contribution in [2.45, 2.75) is 110 Å². The molecule has 2 aliphatic heterocycles. The van der Waals surface area contributed by atoms with E-state index in [-0.39, 0.29) is 42.7 Å². The van der Waals surface area contributed by atoms with Crippen molar-refractivity contribution in [3.63, 3.8) is 0 Å². The first kappa shape index (κ1) is 49.3. The third-order valence-corrected chi connectivity index (χ3v) is 15.6. The zero-order valence-corrected chi connectivity index (χ0v) is 47.0. The number of nitrogens with zero attached hydrogens (tertiary/aromatic N) is 5. The number of aromatic nitrogens is 2. The minimum absolute atomic E-state index is 0. The number of fused-ring (bicyclic) bond motifs is 12. The molecule has 12 rings (SSSR count). The predicted molar refractivity (Wildman–Crippen MR) is 301 cm³/mol. The zero-order chi connectivity index (χ0) is 51.3. The summed E-state index contributed by atoms with van der Waals surface area (Å²) in [6.07, 6.45) is 1.83. The van der Waals surface area contributed by atoms with Crippen LogP contribution in [0.2, 0.25) is 0 Å². The standard InChI is InChI=1S/C67H62N5O.Pt/c1-63(2,3)41-32-48-49-33-42(64(4,5)6)35-53(66(10,11)12)61(49)67(60(48)52(34-41)65(7,8)9)50-30-29-44(36-57(50)71-39-70(14)55-23-19-21-51(67)62(55)71)73-58-38-56-47(37-46(58)40-25-27-43(68-13)28-26-40)45-20-15-16-22-54(45)72(56)59-24-17-18-31-69-59;/h15-35,37,39H,1-12,14H3;/q-3;. The second kappa shape index (κ2) is 16.8. The van der Waals surface area contributed by atoms with E-state index in [4.69, 9.17) is 16.3 Å². The number of anilines is 3. The van der Waals surface area contributed by atoms with Crippen molar-refractivity contribution in [2.75, 3.05) is 16.8 Å². The Labute approximate surface area is 452 Å². The van der Waals surface area contributed by atoms with Gasteiger partial charge in [-0.25, -0.2) is 9.83 Å². The van der Waals surface area contributed by atoms with Crippen LogP contribution < -0.4 is 14.5 Å². The first-order valence-corrected chi connectivity index (χ1v) is 25.6. The van der Waals surface area contributed by atoms with Crippen LogP contribution in [0.15, 0.2) is 134 Å². The average molecular weight is 1150 g/mol. The molecule has 1 aliphatic carbocycles. The van der Waals surface area contributed by atoms with Gasteiger partial charge < -0.3 is 19.1 Å². The van der Waals surface area contributed by atoms with Crippen LogP contribution in [0, 0.1) is 25.4 Å². The van der Waals surface area contributed by atoms with Crippen molar-refractivity contribution in [1.82, 2.24) is 9.55 Å². The van der Waals surface area contributed by atoms with Crippen molar-refractivity contribution < 1.29 is 25.8 Å². The van der Waals surface area contributed by atoms with Crippen LogP contribution in [-0.4, -0.2) is 16.6 Å². The molecule has 7 aromatic carbocycles. The van der Waals surface area contributed by atoms with Gasteiger partial charge in [-0.05, 0) is 108 Å². The Bertz CT molecular complexity index is 3730. The Morgan fingerprint density at radius 3 is 1.85 bits per heavy atom. The maximum absolute atomic E-state index is 7.73. The van der Waals surface area contributed by atoms with Gasteiger partial charge in [-0.1, -0.05) is 190 Å². The molecule has 1 spiro atoms. The number of ether oxygens (including phenoxy) is 1. The fourth-order valence-electron chi connectivity index (χ4n) is 12.0. The van der Waals surface area contributed by atoms with E-state index in [0.29, 0.717) is 17.2 Å². The minimum Gasteiger partial charge on any atom is -0.509 e. The van der Waals surface area contributed by atoms with Gasteiger partial charge >= 0.3 is 0 Å². The van der Waals surface area contributed by atoms with Gasteiger partial charge in [-0.3, -0.25) is 0 Å². The van der Waals surface area contributed by atoms with Crippen LogP contribution in [0.4, 0.5) is 22.7 Å². The molecule has 2 aromatic heterocycles. The summed E-state index contributed by atoms with van der Waals surface area (Å²) in [5, 5.41) is 2.12. The van der Waals surface area contributed by atoms with Crippen molar-refractivity contribution in [3.8, 4) is 39.6 Å². The Kier molecular flexibility index (Phi) is 11.2. The Morgan fingerprint density at radius 2 is 1.26 bits per heavy atom. The van der Waals surface area contributed by atoms with Crippen LogP contribution in [-0.2, 0) is 48.1 Å². The molecule has 3 aliphatic rings. The molecule has 0 bridgehead atoms. The third kappa shape index (κ3) is 7.32. The Balaban J connectivity index is 0.00000588.